The Morgan fingerprint density at radius 2 is 1.27 bits per heavy atom. The number of benzene rings is 1. The molecular formula is C31H49NO9. The van der Waals surface area contributed by atoms with Gasteiger partial charge in [-0.05, 0) is 83.4 Å². The average Bonchev–Trinajstić information content (AvgIpc) is 2.86. The van der Waals surface area contributed by atoms with Crippen molar-refractivity contribution in [2.45, 2.75) is 125 Å². The van der Waals surface area contributed by atoms with Crippen molar-refractivity contribution in [3.63, 3.8) is 0 Å². The molecule has 3 atom stereocenters. The van der Waals surface area contributed by atoms with Crippen LogP contribution in [0.4, 0.5) is 4.79 Å². The topological polar surface area (TPSA) is 140 Å². The first-order chi connectivity index (χ1) is 18.9. The first-order valence-corrected chi connectivity index (χ1v) is 14.3. The number of carbonyl (C=O) groups excluding carboxylic acids is 4. The van der Waals surface area contributed by atoms with E-state index in [0.717, 1.165) is 0 Å². The molecule has 0 aliphatic rings. The first kappa shape index (κ1) is 35.9. The Kier molecular flexibility index (Phi) is 13.8. The van der Waals surface area contributed by atoms with Crippen LogP contribution in [0.15, 0.2) is 18.2 Å². The van der Waals surface area contributed by atoms with Crippen molar-refractivity contribution in [1.82, 2.24) is 0 Å². The molecule has 0 heterocycles. The molecule has 41 heavy (non-hydrogen) atoms. The van der Waals surface area contributed by atoms with E-state index in [4.69, 9.17) is 29.4 Å². The highest BCUT2D eigenvalue weighted by Crippen LogP contribution is 2.34. The lowest BCUT2D eigenvalue weighted by Crippen LogP contribution is -2.46. The average molecular weight is 580 g/mol. The maximum absolute atomic E-state index is 13.2. The van der Waals surface area contributed by atoms with Gasteiger partial charge in [-0.2, -0.15) is 0 Å². The van der Waals surface area contributed by atoms with Crippen LogP contribution >= 0.6 is 0 Å². The number of nitrogens with two attached hydrogens (primary N) is 1. The SMILES string of the molecule is CCC(C)(C)OC(=O)O[C@@H](C)[C@H](C)OC(=O)[C@@](C)(N)c1ccc(OC(=O)CCC(C)C)c(OC(=O)CCC(C)C)c1. The third kappa shape index (κ3) is 12.5. The number of ether oxygens (including phenoxy) is 5. The molecule has 0 unspecified atom stereocenters. The molecule has 0 fully saturated rings. The molecule has 0 aliphatic carbocycles. The zero-order valence-corrected chi connectivity index (χ0v) is 26.3. The fraction of sp³-hybridized carbons (Fsp3) is 0.677. The van der Waals surface area contributed by atoms with E-state index in [0.29, 0.717) is 25.2 Å². The van der Waals surface area contributed by atoms with Gasteiger partial charge in [-0.25, -0.2) is 9.59 Å². The Morgan fingerprint density at radius 1 is 0.780 bits per heavy atom. The third-order valence-corrected chi connectivity index (χ3v) is 6.71. The summed E-state index contributed by atoms with van der Waals surface area (Å²) in [5, 5.41) is 0. The Balaban J connectivity index is 3.11. The van der Waals surface area contributed by atoms with Crippen molar-refractivity contribution in [1.29, 1.82) is 0 Å². The largest absolute Gasteiger partial charge is 0.509 e. The lowest BCUT2D eigenvalue weighted by molar-refractivity contribution is -0.161. The molecule has 232 valence electrons. The summed E-state index contributed by atoms with van der Waals surface area (Å²) < 4.78 is 27.1. The lowest BCUT2D eigenvalue weighted by atomic mass is 9.93. The summed E-state index contributed by atoms with van der Waals surface area (Å²) in [6, 6.07) is 4.34. The van der Waals surface area contributed by atoms with E-state index < -0.39 is 47.4 Å². The number of hydrogen-bond donors (Lipinski definition) is 1. The van der Waals surface area contributed by atoms with Crippen molar-refractivity contribution < 1.29 is 42.9 Å². The van der Waals surface area contributed by atoms with Gasteiger partial charge in [-0.15, -0.1) is 0 Å². The minimum absolute atomic E-state index is 0.0235. The molecular weight excluding hydrogens is 530 g/mol. The van der Waals surface area contributed by atoms with Crippen LogP contribution in [0.1, 0.15) is 107 Å². The van der Waals surface area contributed by atoms with E-state index in [1.165, 1.54) is 25.1 Å². The van der Waals surface area contributed by atoms with Crippen LogP contribution in [-0.2, 0) is 34.1 Å². The number of rotatable bonds is 15. The minimum atomic E-state index is -1.68. The van der Waals surface area contributed by atoms with Crippen LogP contribution in [0.2, 0.25) is 0 Å². The van der Waals surface area contributed by atoms with E-state index >= 15 is 0 Å². The second kappa shape index (κ2) is 15.7. The summed E-state index contributed by atoms with van der Waals surface area (Å²) in [5.41, 5.74) is 4.29. The van der Waals surface area contributed by atoms with Gasteiger partial charge in [-0.1, -0.05) is 40.7 Å². The van der Waals surface area contributed by atoms with Crippen molar-refractivity contribution in [2.24, 2.45) is 17.6 Å². The fourth-order valence-corrected chi connectivity index (χ4v) is 3.23. The van der Waals surface area contributed by atoms with Crippen LogP contribution < -0.4 is 15.2 Å². The summed E-state index contributed by atoms with van der Waals surface area (Å²) in [5.74, 6) is -1.15. The van der Waals surface area contributed by atoms with Gasteiger partial charge in [0.05, 0.1) is 0 Å². The van der Waals surface area contributed by atoms with Gasteiger partial charge in [-0.3, -0.25) is 9.59 Å². The van der Waals surface area contributed by atoms with Gasteiger partial charge in [0.15, 0.2) is 11.5 Å². The van der Waals surface area contributed by atoms with E-state index in [1.54, 1.807) is 27.7 Å². The van der Waals surface area contributed by atoms with Crippen LogP contribution in [-0.4, -0.2) is 41.9 Å². The zero-order valence-electron chi connectivity index (χ0n) is 26.3. The zero-order chi connectivity index (χ0) is 31.5. The predicted molar refractivity (Wildman–Crippen MR) is 154 cm³/mol. The summed E-state index contributed by atoms with van der Waals surface area (Å²) in [6.07, 6.45) is -0.327. The van der Waals surface area contributed by atoms with Gasteiger partial charge in [0.25, 0.3) is 0 Å². The van der Waals surface area contributed by atoms with E-state index in [2.05, 4.69) is 0 Å². The molecule has 0 radical (unpaired) electrons. The van der Waals surface area contributed by atoms with Crippen molar-refractivity contribution in [3.8, 4) is 11.5 Å². The molecule has 1 aromatic carbocycles. The second-order valence-corrected chi connectivity index (χ2v) is 12.1. The number of esters is 3. The quantitative estimate of drug-likeness (QED) is 0.188. The van der Waals surface area contributed by atoms with Gasteiger partial charge in [0.1, 0.15) is 23.3 Å². The molecule has 0 saturated heterocycles. The molecule has 1 rings (SSSR count). The van der Waals surface area contributed by atoms with Gasteiger partial charge >= 0.3 is 24.1 Å². The van der Waals surface area contributed by atoms with Gasteiger partial charge in [0, 0.05) is 12.8 Å². The number of carbonyl (C=O) groups is 4. The minimum Gasteiger partial charge on any atom is -0.457 e. The molecule has 0 aromatic heterocycles. The Labute approximate surface area is 244 Å². The number of hydrogen-bond acceptors (Lipinski definition) is 10. The van der Waals surface area contributed by atoms with Crippen LogP contribution in [0, 0.1) is 11.8 Å². The maximum Gasteiger partial charge on any atom is 0.509 e. The van der Waals surface area contributed by atoms with Crippen molar-refractivity contribution in [3.05, 3.63) is 23.8 Å². The Bertz CT molecular complexity index is 1050. The van der Waals surface area contributed by atoms with Gasteiger partial charge in [0.2, 0.25) is 0 Å². The lowest BCUT2D eigenvalue weighted by Gasteiger charge is -2.29. The first-order valence-electron chi connectivity index (χ1n) is 14.3. The van der Waals surface area contributed by atoms with E-state index in [-0.39, 0.29) is 35.8 Å². The Hall–Kier alpha value is -3.14. The second-order valence-electron chi connectivity index (χ2n) is 12.1. The van der Waals surface area contributed by atoms with Crippen LogP contribution in [0.5, 0.6) is 11.5 Å². The van der Waals surface area contributed by atoms with E-state index in [9.17, 15) is 19.2 Å². The summed E-state index contributed by atoms with van der Waals surface area (Å²) in [4.78, 5) is 50.2. The van der Waals surface area contributed by atoms with Crippen molar-refractivity contribution in [2.75, 3.05) is 0 Å². The molecule has 0 amide bonds. The normalized spacial score (nSPS) is 14.6. The third-order valence-electron chi connectivity index (χ3n) is 6.71. The Morgan fingerprint density at radius 3 is 1.76 bits per heavy atom. The molecule has 1 aromatic rings. The van der Waals surface area contributed by atoms with Crippen LogP contribution in [0.3, 0.4) is 0 Å². The highest BCUT2D eigenvalue weighted by atomic mass is 16.7. The van der Waals surface area contributed by atoms with Crippen LogP contribution in [0.25, 0.3) is 0 Å². The maximum atomic E-state index is 13.2. The molecule has 10 heteroatoms. The predicted octanol–water partition coefficient (Wildman–Crippen LogP) is 6.21. The van der Waals surface area contributed by atoms with E-state index in [1.807, 2.05) is 34.6 Å². The molecule has 2 N–H and O–H groups in total. The highest BCUT2D eigenvalue weighted by Gasteiger charge is 2.36. The molecule has 10 nitrogen and oxygen atoms in total. The fourth-order valence-electron chi connectivity index (χ4n) is 3.23. The molecule has 0 aliphatic heterocycles. The molecule has 0 saturated carbocycles. The monoisotopic (exact) mass is 579 g/mol. The summed E-state index contributed by atoms with van der Waals surface area (Å²) >= 11 is 0. The molecule has 0 bridgehead atoms. The standard InChI is InChI=1S/C31H49NO9/c1-11-30(8,9)41-29(36)38-22(7)21(6)37-28(35)31(10,32)23-14-15-24(39-26(33)16-12-19(2)3)25(18-23)40-27(34)17-13-20(4)5/h14-15,18-22H,11-13,16-17,32H2,1-10H3/t21-,22-,31-/m0/s1. The summed E-state index contributed by atoms with van der Waals surface area (Å²) in [6.45, 7) is 18.0. The molecule has 0 spiro atoms. The smallest absolute Gasteiger partial charge is 0.457 e. The van der Waals surface area contributed by atoms with Gasteiger partial charge < -0.3 is 29.4 Å². The highest BCUT2D eigenvalue weighted by molar-refractivity contribution is 5.83. The van der Waals surface area contributed by atoms with Crippen molar-refractivity contribution >= 4 is 24.1 Å². The summed E-state index contributed by atoms with van der Waals surface area (Å²) in [7, 11) is 0.